The van der Waals surface area contributed by atoms with E-state index >= 15 is 0 Å². The smallest absolute Gasteiger partial charge is 0.138 e. The molecule has 1 heterocycles. The van der Waals surface area contributed by atoms with E-state index in [0.717, 1.165) is 29.3 Å². The molecule has 3 rings (SSSR count). The zero-order valence-corrected chi connectivity index (χ0v) is 12.2. The quantitative estimate of drug-likeness (QED) is 0.845. The fourth-order valence-electron chi connectivity index (χ4n) is 3.40. The van der Waals surface area contributed by atoms with Gasteiger partial charge in [-0.2, -0.15) is 0 Å². The lowest BCUT2D eigenvalue weighted by molar-refractivity contribution is 0.181. The van der Waals surface area contributed by atoms with Crippen LogP contribution in [-0.2, 0) is 6.54 Å². The number of fused-ring (bicyclic) bond motifs is 1. The van der Waals surface area contributed by atoms with Gasteiger partial charge >= 0.3 is 0 Å². The van der Waals surface area contributed by atoms with Crippen molar-refractivity contribution in [3.63, 3.8) is 0 Å². The molecule has 1 aromatic heterocycles. The normalized spacial score (nSPS) is 24.4. The lowest BCUT2D eigenvalue weighted by Gasteiger charge is -2.19. The zero-order valence-electron chi connectivity index (χ0n) is 12.2. The van der Waals surface area contributed by atoms with Crippen LogP contribution in [0.2, 0.25) is 0 Å². The number of nitrogens with two attached hydrogens (primary N) is 1. The first-order chi connectivity index (χ1) is 9.56. The highest BCUT2D eigenvalue weighted by molar-refractivity contribution is 5.79. The van der Waals surface area contributed by atoms with Crippen molar-refractivity contribution in [2.24, 2.45) is 11.8 Å². The van der Waals surface area contributed by atoms with Crippen LogP contribution in [0.5, 0.6) is 0 Å². The first kappa shape index (κ1) is 13.4. The van der Waals surface area contributed by atoms with E-state index in [2.05, 4.69) is 16.5 Å². The average Bonchev–Trinajstić information content (AvgIpc) is 2.95. The summed E-state index contributed by atoms with van der Waals surface area (Å²) < 4.78 is 2.19. The molecule has 1 aliphatic rings. The van der Waals surface area contributed by atoms with Gasteiger partial charge in [0.15, 0.2) is 0 Å². The summed E-state index contributed by atoms with van der Waals surface area (Å²) in [6.45, 7) is 5.05. The molecule has 4 heteroatoms. The molecule has 0 saturated heterocycles. The fraction of sp³-hybridized carbons (Fsp3) is 0.562. The number of benzene rings is 1. The molecule has 3 unspecified atom stereocenters. The van der Waals surface area contributed by atoms with Gasteiger partial charge in [0.2, 0.25) is 0 Å². The Labute approximate surface area is 119 Å². The van der Waals surface area contributed by atoms with Crippen molar-refractivity contribution in [3.8, 4) is 0 Å². The largest absolute Gasteiger partial charge is 0.399 e. The number of hydrogen-bond donors (Lipinski definition) is 2. The van der Waals surface area contributed by atoms with Crippen LogP contribution in [0.4, 0.5) is 5.69 Å². The second kappa shape index (κ2) is 5.09. The number of aliphatic hydroxyl groups is 1. The summed E-state index contributed by atoms with van der Waals surface area (Å²) in [5, 5.41) is 10.0. The lowest BCUT2D eigenvalue weighted by atomic mass is 9.98. The number of nitrogens with zero attached hydrogens (tertiary/aromatic N) is 2. The summed E-state index contributed by atoms with van der Waals surface area (Å²) in [4.78, 5) is 4.57. The highest BCUT2D eigenvalue weighted by Crippen LogP contribution is 2.34. The molecule has 0 bridgehead atoms. The first-order valence-corrected chi connectivity index (χ1v) is 7.50. The van der Waals surface area contributed by atoms with Crippen LogP contribution in [0.25, 0.3) is 11.0 Å². The predicted octanol–water partition coefficient (Wildman–Crippen LogP) is 3.11. The van der Waals surface area contributed by atoms with E-state index < -0.39 is 6.10 Å². The van der Waals surface area contributed by atoms with Crippen molar-refractivity contribution in [3.05, 3.63) is 24.0 Å². The Balaban J connectivity index is 2.04. The van der Waals surface area contributed by atoms with Gasteiger partial charge in [0.05, 0.1) is 11.0 Å². The van der Waals surface area contributed by atoms with E-state index in [0.29, 0.717) is 11.6 Å². The first-order valence-electron chi connectivity index (χ1n) is 7.50. The van der Waals surface area contributed by atoms with E-state index in [-0.39, 0.29) is 0 Å². The van der Waals surface area contributed by atoms with Crippen molar-refractivity contribution >= 4 is 16.7 Å². The van der Waals surface area contributed by atoms with Gasteiger partial charge in [-0.3, -0.25) is 0 Å². The monoisotopic (exact) mass is 273 g/mol. The minimum Gasteiger partial charge on any atom is -0.399 e. The number of aromatic nitrogens is 2. The topological polar surface area (TPSA) is 64.1 Å². The van der Waals surface area contributed by atoms with Gasteiger partial charge < -0.3 is 15.4 Å². The van der Waals surface area contributed by atoms with Crippen molar-refractivity contribution in [1.29, 1.82) is 0 Å². The van der Waals surface area contributed by atoms with E-state index in [9.17, 15) is 5.11 Å². The number of anilines is 1. The summed E-state index contributed by atoms with van der Waals surface area (Å²) in [5.41, 5.74) is 8.51. The number of hydrogen-bond acceptors (Lipinski definition) is 3. The van der Waals surface area contributed by atoms with Crippen LogP contribution in [0.15, 0.2) is 18.2 Å². The number of rotatable bonds is 3. The van der Waals surface area contributed by atoms with Crippen molar-refractivity contribution in [2.75, 3.05) is 5.73 Å². The molecule has 108 valence electrons. The molecular formula is C16H23N3O. The molecule has 0 spiro atoms. The Bertz CT molecular complexity index is 617. The van der Waals surface area contributed by atoms with Crippen LogP contribution < -0.4 is 5.73 Å². The van der Waals surface area contributed by atoms with Gasteiger partial charge in [-0.15, -0.1) is 0 Å². The molecule has 4 nitrogen and oxygen atoms in total. The Morgan fingerprint density at radius 1 is 1.45 bits per heavy atom. The summed E-state index contributed by atoms with van der Waals surface area (Å²) in [7, 11) is 0. The van der Waals surface area contributed by atoms with Gasteiger partial charge in [-0.25, -0.2) is 4.98 Å². The molecule has 1 aliphatic carbocycles. The van der Waals surface area contributed by atoms with Crippen LogP contribution in [0, 0.1) is 11.8 Å². The van der Waals surface area contributed by atoms with Gasteiger partial charge in [-0.05, 0) is 43.4 Å². The van der Waals surface area contributed by atoms with E-state index in [1.54, 1.807) is 6.92 Å². The van der Waals surface area contributed by atoms with E-state index in [1.807, 2.05) is 18.2 Å². The standard InChI is InChI=1S/C16H23N3O/c1-10-4-3-5-12(10)9-19-15-7-6-13(17)8-14(15)18-16(19)11(2)20/h6-8,10-12,20H,3-5,9,17H2,1-2H3. The van der Waals surface area contributed by atoms with Gasteiger partial charge in [0, 0.05) is 12.2 Å². The highest BCUT2D eigenvalue weighted by Gasteiger charge is 2.26. The van der Waals surface area contributed by atoms with Gasteiger partial charge in [-0.1, -0.05) is 19.8 Å². The zero-order chi connectivity index (χ0) is 14.3. The predicted molar refractivity (Wildman–Crippen MR) is 81.3 cm³/mol. The Morgan fingerprint density at radius 2 is 2.25 bits per heavy atom. The number of nitrogen functional groups attached to an aromatic ring is 1. The highest BCUT2D eigenvalue weighted by atomic mass is 16.3. The minimum atomic E-state index is -0.555. The summed E-state index contributed by atoms with van der Waals surface area (Å²) in [6, 6.07) is 5.81. The Morgan fingerprint density at radius 3 is 2.90 bits per heavy atom. The minimum absolute atomic E-state index is 0.555. The molecule has 0 aliphatic heterocycles. The summed E-state index contributed by atoms with van der Waals surface area (Å²) in [6.07, 6.45) is 3.35. The molecule has 1 saturated carbocycles. The molecule has 1 aromatic carbocycles. The number of imidazole rings is 1. The van der Waals surface area contributed by atoms with Crippen molar-refractivity contribution in [1.82, 2.24) is 9.55 Å². The van der Waals surface area contributed by atoms with E-state index in [4.69, 9.17) is 5.73 Å². The van der Waals surface area contributed by atoms with Crippen LogP contribution in [0.1, 0.15) is 45.0 Å². The summed E-state index contributed by atoms with van der Waals surface area (Å²) in [5.74, 6) is 2.19. The maximum atomic E-state index is 10.0. The second-order valence-electron chi connectivity index (χ2n) is 6.17. The molecule has 20 heavy (non-hydrogen) atoms. The molecule has 0 radical (unpaired) electrons. The van der Waals surface area contributed by atoms with Crippen LogP contribution in [-0.4, -0.2) is 14.7 Å². The second-order valence-corrected chi connectivity index (χ2v) is 6.17. The van der Waals surface area contributed by atoms with Gasteiger partial charge in [0.1, 0.15) is 11.9 Å². The van der Waals surface area contributed by atoms with Gasteiger partial charge in [0.25, 0.3) is 0 Å². The molecule has 3 atom stereocenters. The lowest BCUT2D eigenvalue weighted by Crippen LogP contribution is -2.16. The maximum absolute atomic E-state index is 10.0. The summed E-state index contributed by atoms with van der Waals surface area (Å²) >= 11 is 0. The fourth-order valence-corrected chi connectivity index (χ4v) is 3.40. The van der Waals surface area contributed by atoms with E-state index in [1.165, 1.54) is 19.3 Å². The molecule has 2 aromatic rings. The Kier molecular flexibility index (Phi) is 3.42. The third-order valence-corrected chi connectivity index (χ3v) is 4.63. The SMILES string of the molecule is CC(O)c1nc2cc(N)ccc2n1CC1CCCC1C. The third kappa shape index (κ3) is 2.29. The molecular weight excluding hydrogens is 250 g/mol. The van der Waals surface area contributed by atoms with Crippen LogP contribution >= 0.6 is 0 Å². The van der Waals surface area contributed by atoms with Crippen molar-refractivity contribution < 1.29 is 5.11 Å². The average molecular weight is 273 g/mol. The van der Waals surface area contributed by atoms with Crippen molar-refractivity contribution in [2.45, 2.75) is 45.8 Å². The third-order valence-electron chi connectivity index (χ3n) is 4.63. The molecule has 0 amide bonds. The maximum Gasteiger partial charge on any atom is 0.138 e. The molecule has 1 fully saturated rings. The Hall–Kier alpha value is -1.55. The van der Waals surface area contributed by atoms with Crippen LogP contribution in [0.3, 0.4) is 0 Å². The number of aliphatic hydroxyl groups excluding tert-OH is 1. The molecule has 3 N–H and O–H groups in total.